The zero-order valence-corrected chi connectivity index (χ0v) is 12.0. The largest absolute Gasteiger partial charge is 0.345 e. The number of nitrogens with two attached hydrogens (primary N) is 1. The average molecular weight is 298 g/mol. The number of hydrogen-bond acceptors (Lipinski definition) is 3. The summed E-state index contributed by atoms with van der Waals surface area (Å²) >= 11 is 0. The van der Waals surface area contributed by atoms with Gasteiger partial charge in [-0.1, -0.05) is 31.0 Å². The van der Waals surface area contributed by atoms with E-state index >= 15 is 0 Å². The molecule has 2 rings (SSSR count). The molecular formula is C14H20ClN3O2. The van der Waals surface area contributed by atoms with E-state index in [1.165, 1.54) is 0 Å². The van der Waals surface area contributed by atoms with Crippen LogP contribution in [0.3, 0.4) is 0 Å². The summed E-state index contributed by atoms with van der Waals surface area (Å²) in [4.78, 5) is 23.6. The molecule has 1 aliphatic rings. The van der Waals surface area contributed by atoms with Crippen LogP contribution in [0.25, 0.3) is 0 Å². The van der Waals surface area contributed by atoms with Gasteiger partial charge < -0.3 is 16.4 Å². The molecule has 6 heteroatoms. The standard InChI is InChI=1S/C14H19N3O2.ClH/c15-14(8-4-5-9-14)13(19)16-10-12(18)17-11-6-2-1-3-7-11;/h1-3,6-7H,4-5,8-10,15H2,(H,16,19)(H,17,18);1H. The van der Waals surface area contributed by atoms with Crippen molar-refractivity contribution >= 4 is 29.9 Å². The zero-order chi connectivity index (χ0) is 13.7. The second-order valence-electron chi connectivity index (χ2n) is 4.96. The molecule has 0 unspecified atom stereocenters. The summed E-state index contributed by atoms with van der Waals surface area (Å²) in [5.74, 6) is -0.477. The summed E-state index contributed by atoms with van der Waals surface area (Å²) in [5.41, 5.74) is 5.93. The summed E-state index contributed by atoms with van der Waals surface area (Å²) < 4.78 is 0. The number of halogens is 1. The van der Waals surface area contributed by atoms with Gasteiger partial charge in [-0.05, 0) is 25.0 Å². The normalized spacial score (nSPS) is 16.1. The number of amides is 2. The molecule has 0 aromatic heterocycles. The van der Waals surface area contributed by atoms with Crippen LogP contribution in [0.4, 0.5) is 5.69 Å². The van der Waals surface area contributed by atoms with Crippen molar-refractivity contribution < 1.29 is 9.59 Å². The fraction of sp³-hybridized carbons (Fsp3) is 0.429. The van der Waals surface area contributed by atoms with Crippen LogP contribution in [0, 0.1) is 0 Å². The first-order chi connectivity index (χ1) is 9.10. The number of para-hydroxylation sites is 1. The molecule has 1 fully saturated rings. The first kappa shape index (κ1) is 16.5. The monoisotopic (exact) mass is 297 g/mol. The minimum Gasteiger partial charge on any atom is -0.345 e. The van der Waals surface area contributed by atoms with Gasteiger partial charge in [-0.2, -0.15) is 0 Å². The third-order valence-electron chi connectivity index (χ3n) is 3.42. The summed E-state index contributed by atoms with van der Waals surface area (Å²) in [6, 6.07) is 9.13. The van der Waals surface area contributed by atoms with E-state index in [0.29, 0.717) is 18.5 Å². The molecule has 1 saturated carbocycles. The van der Waals surface area contributed by atoms with Gasteiger partial charge >= 0.3 is 0 Å². The Balaban J connectivity index is 0.00000200. The van der Waals surface area contributed by atoms with Gasteiger partial charge in [0.15, 0.2) is 0 Å². The zero-order valence-electron chi connectivity index (χ0n) is 11.2. The Morgan fingerprint density at radius 3 is 2.35 bits per heavy atom. The second kappa shape index (κ2) is 7.26. The van der Waals surface area contributed by atoms with E-state index in [4.69, 9.17) is 5.73 Å². The summed E-state index contributed by atoms with van der Waals surface area (Å²) in [6.07, 6.45) is 3.33. The van der Waals surface area contributed by atoms with Gasteiger partial charge in [-0.25, -0.2) is 0 Å². The van der Waals surface area contributed by atoms with Crippen molar-refractivity contribution in [2.24, 2.45) is 5.73 Å². The molecule has 0 spiro atoms. The van der Waals surface area contributed by atoms with Crippen LogP contribution in [0.1, 0.15) is 25.7 Å². The smallest absolute Gasteiger partial charge is 0.243 e. The Hall–Kier alpha value is -1.59. The van der Waals surface area contributed by atoms with Gasteiger partial charge in [0.05, 0.1) is 12.1 Å². The molecule has 0 aliphatic heterocycles. The molecule has 4 N–H and O–H groups in total. The summed E-state index contributed by atoms with van der Waals surface area (Å²) in [5, 5.41) is 5.32. The highest BCUT2D eigenvalue weighted by molar-refractivity contribution is 5.96. The van der Waals surface area contributed by atoms with Gasteiger partial charge in [0.25, 0.3) is 0 Å². The minimum absolute atomic E-state index is 0. The highest BCUT2D eigenvalue weighted by Gasteiger charge is 2.36. The molecule has 0 heterocycles. The number of hydrogen-bond donors (Lipinski definition) is 3. The highest BCUT2D eigenvalue weighted by Crippen LogP contribution is 2.27. The number of anilines is 1. The maximum Gasteiger partial charge on any atom is 0.243 e. The lowest BCUT2D eigenvalue weighted by atomic mass is 9.98. The SMILES string of the molecule is Cl.NC1(C(=O)NCC(=O)Nc2ccccc2)CCCC1. The van der Waals surface area contributed by atoms with E-state index in [2.05, 4.69) is 10.6 Å². The Labute approximate surface area is 124 Å². The Bertz CT molecular complexity index is 459. The van der Waals surface area contributed by atoms with Crippen LogP contribution in [-0.2, 0) is 9.59 Å². The predicted octanol–water partition coefficient (Wildman–Crippen LogP) is 1.43. The van der Waals surface area contributed by atoms with E-state index < -0.39 is 5.54 Å². The number of nitrogens with one attached hydrogen (secondary N) is 2. The molecule has 2 amide bonds. The maximum atomic E-state index is 11.9. The van der Waals surface area contributed by atoms with E-state index in [1.54, 1.807) is 12.1 Å². The lowest BCUT2D eigenvalue weighted by molar-refractivity contribution is -0.128. The van der Waals surface area contributed by atoms with Crippen LogP contribution < -0.4 is 16.4 Å². The molecule has 1 aromatic carbocycles. The summed E-state index contributed by atoms with van der Waals surface area (Å²) in [6.45, 7) is -0.0489. The first-order valence-corrected chi connectivity index (χ1v) is 6.52. The topological polar surface area (TPSA) is 84.2 Å². The predicted molar refractivity (Wildman–Crippen MR) is 80.7 cm³/mol. The average Bonchev–Trinajstić information content (AvgIpc) is 2.85. The quantitative estimate of drug-likeness (QED) is 0.786. The second-order valence-corrected chi connectivity index (χ2v) is 4.96. The van der Waals surface area contributed by atoms with E-state index in [-0.39, 0.29) is 30.8 Å². The third kappa shape index (κ3) is 4.21. The van der Waals surface area contributed by atoms with Crippen molar-refractivity contribution in [1.82, 2.24) is 5.32 Å². The molecule has 1 aromatic rings. The van der Waals surface area contributed by atoms with Crippen LogP contribution in [0.5, 0.6) is 0 Å². The highest BCUT2D eigenvalue weighted by atomic mass is 35.5. The number of carbonyl (C=O) groups excluding carboxylic acids is 2. The van der Waals surface area contributed by atoms with Crippen LogP contribution >= 0.6 is 12.4 Å². The van der Waals surface area contributed by atoms with Gasteiger partial charge in [0.2, 0.25) is 11.8 Å². The first-order valence-electron chi connectivity index (χ1n) is 6.52. The van der Waals surface area contributed by atoms with Gasteiger partial charge in [-0.3, -0.25) is 9.59 Å². The maximum absolute atomic E-state index is 11.9. The van der Waals surface area contributed by atoms with Crippen molar-refractivity contribution in [2.45, 2.75) is 31.2 Å². The van der Waals surface area contributed by atoms with Crippen LogP contribution in [0.15, 0.2) is 30.3 Å². The fourth-order valence-electron chi connectivity index (χ4n) is 2.30. The van der Waals surface area contributed by atoms with E-state index in [9.17, 15) is 9.59 Å². The molecule has 5 nitrogen and oxygen atoms in total. The van der Waals surface area contributed by atoms with Gasteiger partial charge in [0.1, 0.15) is 0 Å². The molecule has 110 valence electrons. The molecular weight excluding hydrogens is 278 g/mol. The van der Waals surface area contributed by atoms with Crippen molar-refractivity contribution in [2.75, 3.05) is 11.9 Å². The van der Waals surface area contributed by atoms with Crippen molar-refractivity contribution in [1.29, 1.82) is 0 Å². The number of benzene rings is 1. The van der Waals surface area contributed by atoms with E-state index in [1.807, 2.05) is 18.2 Å². The molecule has 0 atom stereocenters. The van der Waals surface area contributed by atoms with Crippen molar-refractivity contribution in [3.05, 3.63) is 30.3 Å². The van der Waals surface area contributed by atoms with Crippen LogP contribution in [-0.4, -0.2) is 23.9 Å². The number of carbonyl (C=O) groups is 2. The Morgan fingerprint density at radius 2 is 1.75 bits per heavy atom. The molecule has 0 saturated heterocycles. The van der Waals surface area contributed by atoms with Gasteiger partial charge in [0, 0.05) is 5.69 Å². The minimum atomic E-state index is -0.785. The van der Waals surface area contributed by atoms with Crippen molar-refractivity contribution in [3.8, 4) is 0 Å². The van der Waals surface area contributed by atoms with E-state index in [0.717, 1.165) is 12.8 Å². The molecule has 0 bridgehead atoms. The Kier molecular flexibility index (Phi) is 5.98. The Morgan fingerprint density at radius 1 is 1.15 bits per heavy atom. The third-order valence-corrected chi connectivity index (χ3v) is 3.42. The lowest BCUT2D eigenvalue weighted by Crippen LogP contribution is -2.53. The fourth-order valence-corrected chi connectivity index (χ4v) is 2.30. The summed E-state index contributed by atoms with van der Waals surface area (Å²) in [7, 11) is 0. The number of rotatable bonds is 4. The lowest BCUT2D eigenvalue weighted by Gasteiger charge is -2.21. The van der Waals surface area contributed by atoms with Crippen molar-refractivity contribution in [3.63, 3.8) is 0 Å². The van der Waals surface area contributed by atoms with Gasteiger partial charge in [-0.15, -0.1) is 12.4 Å². The molecule has 0 radical (unpaired) electrons. The molecule has 20 heavy (non-hydrogen) atoms. The van der Waals surface area contributed by atoms with Crippen LogP contribution in [0.2, 0.25) is 0 Å². The molecule has 1 aliphatic carbocycles.